The minimum absolute atomic E-state index is 0.189. The maximum absolute atomic E-state index is 4.47. The van der Waals surface area contributed by atoms with Crippen LogP contribution in [0.4, 0.5) is 0 Å². The molecule has 15 heavy (non-hydrogen) atoms. The van der Waals surface area contributed by atoms with Crippen LogP contribution in [-0.2, 0) is 6.54 Å². The van der Waals surface area contributed by atoms with E-state index in [0.29, 0.717) is 6.04 Å². The van der Waals surface area contributed by atoms with E-state index in [-0.39, 0.29) is 5.41 Å². The Bertz CT molecular complexity index is 296. The first kappa shape index (κ1) is 12.2. The molecule has 1 heterocycles. The fraction of sp³-hybridized carbons (Fsp3) is 0.750. The highest BCUT2D eigenvalue weighted by Gasteiger charge is 2.28. The van der Waals surface area contributed by atoms with Crippen molar-refractivity contribution >= 4 is 0 Å². The molecule has 0 saturated carbocycles. The first-order valence-electron chi connectivity index (χ1n) is 5.75. The molecule has 86 valence electrons. The van der Waals surface area contributed by atoms with E-state index in [2.05, 4.69) is 49.5 Å². The number of imidazole rings is 1. The summed E-state index contributed by atoms with van der Waals surface area (Å²) in [6.45, 7) is 13.0. The monoisotopic (exact) mass is 209 g/mol. The van der Waals surface area contributed by atoms with Crippen LogP contribution in [0.2, 0.25) is 0 Å². The van der Waals surface area contributed by atoms with Crippen LogP contribution in [0.5, 0.6) is 0 Å². The normalized spacial score (nSPS) is 14.2. The summed E-state index contributed by atoms with van der Waals surface area (Å²) in [6, 6.07) is 0.317. The molecule has 0 aliphatic heterocycles. The largest absolute Gasteiger partial charge is 0.334 e. The Morgan fingerprint density at radius 2 is 2.07 bits per heavy atom. The van der Waals surface area contributed by atoms with Crippen LogP contribution in [0.1, 0.15) is 46.5 Å². The minimum atomic E-state index is 0.189. The van der Waals surface area contributed by atoms with Crippen molar-refractivity contribution in [3.63, 3.8) is 0 Å². The third-order valence-corrected chi connectivity index (χ3v) is 2.62. The van der Waals surface area contributed by atoms with Crippen LogP contribution in [0.3, 0.4) is 0 Å². The van der Waals surface area contributed by atoms with Crippen molar-refractivity contribution in [1.29, 1.82) is 0 Å². The Labute approximate surface area is 92.9 Å². The predicted molar refractivity (Wildman–Crippen MR) is 63.8 cm³/mol. The number of hydrogen-bond donors (Lipinski definition) is 1. The van der Waals surface area contributed by atoms with Crippen molar-refractivity contribution in [1.82, 2.24) is 14.9 Å². The smallest absolute Gasteiger partial charge is 0.126 e. The molecule has 1 unspecified atom stereocenters. The summed E-state index contributed by atoms with van der Waals surface area (Å²) in [4.78, 5) is 4.47. The summed E-state index contributed by atoms with van der Waals surface area (Å²) in [5.74, 6) is 1.15. The van der Waals surface area contributed by atoms with Gasteiger partial charge in [-0.25, -0.2) is 4.98 Å². The Hall–Kier alpha value is -0.830. The molecular formula is C12H23N3. The van der Waals surface area contributed by atoms with Crippen molar-refractivity contribution in [3.05, 3.63) is 18.2 Å². The highest BCUT2D eigenvalue weighted by molar-refractivity contribution is 5.03. The molecule has 1 aromatic rings. The van der Waals surface area contributed by atoms with Crippen LogP contribution in [0.15, 0.2) is 12.4 Å². The van der Waals surface area contributed by atoms with E-state index in [0.717, 1.165) is 18.9 Å². The second kappa shape index (κ2) is 4.79. The summed E-state index contributed by atoms with van der Waals surface area (Å²) in [6.07, 6.45) is 3.93. The Balaban J connectivity index is 2.99. The molecule has 0 radical (unpaired) electrons. The SMILES string of the molecule is CCNC(c1nccn1CC)C(C)(C)C. The number of nitrogens with zero attached hydrogens (tertiary/aromatic N) is 2. The minimum Gasteiger partial charge on any atom is -0.334 e. The molecule has 0 aliphatic carbocycles. The third kappa shape index (κ3) is 2.81. The molecule has 1 rings (SSSR count). The van der Waals surface area contributed by atoms with Crippen molar-refractivity contribution in [2.75, 3.05) is 6.54 Å². The summed E-state index contributed by atoms with van der Waals surface area (Å²) in [5.41, 5.74) is 0.189. The zero-order valence-corrected chi connectivity index (χ0v) is 10.5. The number of aryl methyl sites for hydroxylation is 1. The predicted octanol–water partition coefficient (Wildman–Crippen LogP) is 2.60. The number of hydrogen-bond acceptors (Lipinski definition) is 2. The quantitative estimate of drug-likeness (QED) is 0.826. The van der Waals surface area contributed by atoms with Crippen molar-refractivity contribution in [3.8, 4) is 0 Å². The van der Waals surface area contributed by atoms with Gasteiger partial charge in [0.15, 0.2) is 0 Å². The Morgan fingerprint density at radius 1 is 1.40 bits per heavy atom. The van der Waals surface area contributed by atoms with E-state index in [4.69, 9.17) is 0 Å². The fourth-order valence-electron chi connectivity index (χ4n) is 1.84. The molecule has 0 saturated heterocycles. The van der Waals surface area contributed by atoms with E-state index in [1.54, 1.807) is 0 Å². The van der Waals surface area contributed by atoms with Gasteiger partial charge >= 0.3 is 0 Å². The molecule has 3 heteroatoms. The van der Waals surface area contributed by atoms with Gasteiger partial charge in [-0.3, -0.25) is 0 Å². The lowest BCUT2D eigenvalue weighted by Gasteiger charge is -2.31. The molecule has 1 atom stereocenters. The lowest BCUT2D eigenvalue weighted by Crippen LogP contribution is -2.34. The molecular weight excluding hydrogens is 186 g/mol. The average Bonchev–Trinajstić information content (AvgIpc) is 2.59. The van der Waals surface area contributed by atoms with E-state index in [1.165, 1.54) is 0 Å². The average molecular weight is 209 g/mol. The van der Waals surface area contributed by atoms with Crippen LogP contribution in [0.25, 0.3) is 0 Å². The van der Waals surface area contributed by atoms with Crippen LogP contribution < -0.4 is 5.32 Å². The fourth-order valence-corrected chi connectivity index (χ4v) is 1.84. The van der Waals surface area contributed by atoms with Gasteiger partial charge in [0.1, 0.15) is 5.82 Å². The number of nitrogens with one attached hydrogen (secondary N) is 1. The third-order valence-electron chi connectivity index (χ3n) is 2.62. The van der Waals surface area contributed by atoms with Gasteiger partial charge in [-0.2, -0.15) is 0 Å². The van der Waals surface area contributed by atoms with Gasteiger partial charge in [0.2, 0.25) is 0 Å². The first-order chi connectivity index (χ1) is 7.00. The summed E-state index contributed by atoms with van der Waals surface area (Å²) >= 11 is 0. The van der Waals surface area contributed by atoms with E-state index in [1.807, 2.05) is 12.4 Å². The molecule has 0 aliphatic rings. The van der Waals surface area contributed by atoms with Crippen molar-refractivity contribution in [2.24, 2.45) is 5.41 Å². The Kier molecular flexibility index (Phi) is 3.91. The first-order valence-corrected chi connectivity index (χ1v) is 5.75. The molecule has 1 aromatic heterocycles. The molecule has 3 nitrogen and oxygen atoms in total. The van der Waals surface area contributed by atoms with Crippen molar-refractivity contribution < 1.29 is 0 Å². The lowest BCUT2D eigenvalue weighted by molar-refractivity contribution is 0.259. The molecule has 0 aromatic carbocycles. The maximum atomic E-state index is 4.47. The van der Waals surface area contributed by atoms with Crippen LogP contribution >= 0.6 is 0 Å². The molecule has 1 N–H and O–H groups in total. The molecule has 0 bridgehead atoms. The summed E-state index contributed by atoms with van der Waals surface area (Å²) in [5, 5.41) is 3.52. The second-order valence-electron chi connectivity index (χ2n) is 4.93. The summed E-state index contributed by atoms with van der Waals surface area (Å²) in [7, 11) is 0. The van der Waals surface area contributed by atoms with Gasteiger partial charge < -0.3 is 9.88 Å². The van der Waals surface area contributed by atoms with Gasteiger partial charge in [0.25, 0.3) is 0 Å². The van der Waals surface area contributed by atoms with Gasteiger partial charge in [-0.15, -0.1) is 0 Å². The lowest BCUT2D eigenvalue weighted by atomic mass is 9.86. The van der Waals surface area contributed by atoms with E-state index in [9.17, 15) is 0 Å². The number of rotatable bonds is 4. The van der Waals surface area contributed by atoms with E-state index < -0.39 is 0 Å². The molecule has 0 amide bonds. The van der Waals surface area contributed by atoms with E-state index >= 15 is 0 Å². The zero-order chi connectivity index (χ0) is 11.5. The topological polar surface area (TPSA) is 29.9 Å². The molecule has 0 spiro atoms. The molecule has 0 fully saturated rings. The second-order valence-corrected chi connectivity index (χ2v) is 4.93. The maximum Gasteiger partial charge on any atom is 0.126 e. The Morgan fingerprint density at radius 3 is 2.53 bits per heavy atom. The summed E-state index contributed by atoms with van der Waals surface area (Å²) < 4.78 is 2.21. The van der Waals surface area contributed by atoms with Gasteiger partial charge in [0.05, 0.1) is 6.04 Å². The highest BCUT2D eigenvalue weighted by Crippen LogP contribution is 2.31. The zero-order valence-electron chi connectivity index (χ0n) is 10.5. The standard InChI is InChI=1S/C12H23N3/c1-6-13-10(12(3,4)5)11-14-8-9-15(11)7-2/h8-10,13H,6-7H2,1-5H3. The highest BCUT2D eigenvalue weighted by atomic mass is 15.1. The van der Waals surface area contributed by atoms with Gasteiger partial charge in [0, 0.05) is 18.9 Å². The van der Waals surface area contributed by atoms with Crippen molar-refractivity contribution in [2.45, 2.75) is 47.2 Å². The van der Waals surface area contributed by atoms with Crippen LogP contribution in [0, 0.1) is 5.41 Å². The van der Waals surface area contributed by atoms with Gasteiger partial charge in [-0.05, 0) is 18.9 Å². The van der Waals surface area contributed by atoms with Gasteiger partial charge in [-0.1, -0.05) is 27.7 Å². The number of aromatic nitrogens is 2. The van der Waals surface area contributed by atoms with Crippen LogP contribution in [-0.4, -0.2) is 16.1 Å².